The van der Waals surface area contributed by atoms with Gasteiger partial charge in [-0.2, -0.15) is 9.97 Å². The minimum absolute atomic E-state index is 0.0105. The Morgan fingerprint density at radius 1 is 1.23 bits per heavy atom. The maximum absolute atomic E-state index is 12.0. The molecule has 0 unspecified atom stereocenters. The molecule has 2 aromatic carbocycles. The number of carbonyl (C=O) groups is 1. The molecule has 0 aliphatic carbocycles. The molecule has 2 heterocycles. The maximum Gasteiger partial charge on any atom is 0.230 e. The molecule has 0 atom stereocenters. The first-order chi connectivity index (χ1) is 15.0. The van der Waals surface area contributed by atoms with E-state index in [0.29, 0.717) is 29.6 Å². The molecule has 0 bridgehead atoms. The number of aromatic nitrogens is 3. The molecule has 11 heteroatoms. The number of hydrogen-bond donors (Lipinski definition) is 4. The summed E-state index contributed by atoms with van der Waals surface area (Å²) in [5.41, 5.74) is 8.62. The summed E-state index contributed by atoms with van der Waals surface area (Å²) < 4.78 is 5.63. The van der Waals surface area contributed by atoms with Gasteiger partial charge in [0.2, 0.25) is 11.9 Å². The molecule has 1 aromatic heterocycles. The third-order valence-corrected chi connectivity index (χ3v) is 5.94. The van der Waals surface area contributed by atoms with Crippen LogP contribution in [0.3, 0.4) is 0 Å². The molecule has 5 N–H and O–H groups in total. The molecule has 0 saturated carbocycles. The monoisotopic (exact) mass is 461 g/mol. The van der Waals surface area contributed by atoms with E-state index in [-0.39, 0.29) is 36.0 Å². The van der Waals surface area contributed by atoms with Crippen molar-refractivity contribution in [2.24, 2.45) is 0 Å². The number of thioether (sulfide) groups is 1. The number of amides is 1. The predicted molar refractivity (Wildman–Crippen MR) is 118 cm³/mol. The van der Waals surface area contributed by atoms with Gasteiger partial charge in [0.1, 0.15) is 0 Å². The average molecular weight is 462 g/mol. The summed E-state index contributed by atoms with van der Waals surface area (Å²) in [6, 6.07) is 7.04. The first-order valence-corrected chi connectivity index (χ1v) is 10.8. The number of ether oxygens (including phenoxy) is 1. The van der Waals surface area contributed by atoms with Crippen molar-refractivity contribution < 1.29 is 19.7 Å². The number of benzene rings is 2. The van der Waals surface area contributed by atoms with E-state index in [0.717, 1.165) is 33.7 Å². The number of nitrogens with one attached hydrogen (secondary N) is 1. The summed E-state index contributed by atoms with van der Waals surface area (Å²) in [5, 5.41) is 23.4. The number of anilines is 1. The number of carbonyl (C=O) groups excluding carboxylic acids is 1. The highest BCUT2D eigenvalue weighted by molar-refractivity contribution is 7.99. The number of rotatable bonds is 7. The second kappa shape index (κ2) is 9.33. The minimum atomic E-state index is -0.715. The van der Waals surface area contributed by atoms with Crippen molar-refractivity contribution >= 4 is 46.0 Å². The van der Waals surface area contributed by atoms with Gasteiger partial charge in [-0.1, -0.05) is 41.6 Å². The van der Waals surface area contributed by atoms with Gasteiger partial charge in [0.25, 0.3) is 0 Å². The lowest BCUT2D eigenvalue weighted by Crippen LogP contribution is -2.41. The molecular formula is C20H20ClN5O4S. The number of hydrogen-bond acceptors (Lipinski definition) is 9. The summed E-state index contributed by atoms with van der Waals surface area (Å²) in [5.74, 6) is -0.0669. The molecule has 0 saturated heterocycles. The number of nitrogen functional groups attached to an aromatic ring is 1. The molecule has 0 fully saturated rings. The van der Waals surface area contributed by atoms with E-state index in [1.165, 1.54) is 0 Å². The molecule has 31 heavy (non-hydrogen) atoms. The number of aliphatic hydroxyl groups is 2. The maximum atomic E-state index is 12.0. The van der Waals surface area contributed by atoms with Gasteiger partial charge >= 0.3 is 0 Å². The lowest BCUT2D eigenvalue weighted by atomic mass is 9.94. The molecule has 0 radical (unpaired) electrons. The van der Waals surface area contributed by atoms with Crippen LogP contribution in [0.5, 0.6) is 0 Å². The van der Waals surface area contributed by atoms with Gasteiger partial charge in [-0.05, 0) is 28.0 Å². The van der Waals surface area contributed by atoms with Crippen molar-refractivity contribution in [1.29, 1.82) is 0 Å². The van der Waals surface area contributed by atoms with Crippen molar-refractivity contribution in [3.8, 4) is 11.4 Å². The summed E-state index contributed by atoms with van der Waals surface area (Å²) in [4.78, 5) is 24.9. The zero-order valence-corrected chi connectivity index (χ0v) is 17.9. The Hall–Kier alpha value is -2.50. The topological polar surface area (TPSA) is 143 Å². The molecule has 1 aliphatic heterocycles. The van der Waals surface area contributed by atoms with Crippen LogP contribution in [0, 0.1) is 0 Å². The molecule has 9 nitrogen and oxygen atoms in total. The lowest BCUT2D eigenvalue weighted by molar-refractivity contribution is -0.119. The van der Waals surface area contributed by atoms with Crippen LogP contribution in [-0.4, -0.2) is 56.1 Å². The fourth-order valence-electron chi connectivity index (χ4n) is 3.44. The fourth-order valence-corrected chi connectivity index (χ4v) is 4.41. The van der Waals surface area contributed by atoms with E-state index in [2.05, 4.69) is 20.3 Å². The van der Waals surface area contributed by atoms with E-state index < -0.39 is 6.04 Å². The van der Waals surface area contributed by atoms with Crippen LogP contribution >= 0.6 is 23.4 Å². The largest absolute Gasteiger partial charge is 0.394 e. The zero-order chi connectivity index (χ0) is 22.0. The van der Waals surface area contributed by atoms with Gasteiger partial charge < -0.3 is 26.0 Å². The summed E-state index contributed by atoms with van der Waals surface area (Å²) in [7, 11) is 0. The normalized spacial score (nSPS) is 13.0. The van der Waals surface area contributed by atoms with E-state index in [1.54, 1.807) is 0 Å². The summed E-state index contributed by atoms with van der Waals surface area (Å²) in [6.07, 6.45) is 0. The Morgan fingerprint density at radius 3 is 2.77 bits per heavy atom. The van der Waals surface area contributed by atoms with E-state index in [4.69, 9.17) is 32.3 Å². The average Bonchev–Trinajstić information content (AvgIpc) is 2.76. The van der Waals surface area contributed by atoms with Crippen molar-refractivity contribution in [1.82, 2.24) is 20.3 Å². The van der Waals surface area contributed by atoms with Crippen LogP contribution in [0.1, 0.15) is 11.1 Å². The van der Waals surface area contributed by atoms with Crippen LogP contribution in [0.25, 0.3) is 22.2 Å². The fraction of sp³-hybridized carbons (Fsp3) is 0.300. The minimum Gasteiger partial charge on any atom is -0.394 e. The number of halogens is 1. The molecule has 1 amide bonds. The Labute approximate surface area is 187 Å². The molecule has 3 aromatic rings. The third-order valence-electron chi connectivity index (χ3n) is 4.79. The molecule has 0 spiro atoms. The number of nitrogens with zero attached hydrogens (tertiary/aromatic N) is 3. The van der Waals surface area contributed by atoms with Crippen molar-refractivity contribution in [3.05, 3.63) is 40.4 Å². The van der Waals surface area contributed by atoms with Crippen molar-refractivity contribution in [2.45, 2.75) is 24.4 Å². The van der Waals surface area contributed by atoms with Crippen LogP contribution in [0.15, 0.2) is 29.4 Å². The quantitative estimate of drug-likeness (QED) is 0.385. The Morgan fingerprint density at radius 2 is 2.00 bits per heavy atom. The summed E-state index contributed by atoms with van der Waals surface area (Å²) >= 11 is 7.67. The Kier molecular flexibility index (Phi) is 6.54. The molecule has 1 aliphatic rings. The smallest absolute Gasteiger partial charge is 0.230 e. The van der Waals surface area contributed by atoms with Crippen LogP contribution in [0.4, 0.5) is 5.95 Å². The van der Waals surface area contributed by atoms with Crippen molar-refractivity contribution in [3.63, 3.8) is 0 Å². The zero-order valence-electron chi connectivity index (χ0n) is 16.3. The first-order valence-electron chi connectivity index (χ1n) is 9.46. The van der Waals surface area contributed by atoms with Gasteiger partial charge in [0, 0.05) is 5.56 Å². The number of aliphatic hydroxyl groups excluding tert-OH is 2. The highest BCUT2D eigenvalue weighted by atomic mass is 35.5. The second-order valence-electron chi connectivity index (χ2n) is 6.94. The molecular weight excluding hydrogens is 442 g/mol. The highest BCUT2D eigenvalue weighted by Gasteiger charge is 2.21. The van der Waals surface area contributed by atoms with Gasteiger partial charge in [0.05, 0.1) is 43.2 Å². The molecule has 4 rings (SSSR count). The van der Waals surface area contributed by atoms with E-state index in [1.807, 2.05) is 24.3 Å². The van der Waals surface area contributed by atoms with E-state index >= 15 is 0 Å². The van der Waals surface area contributed by atoms with Crippen molar-refractivity contribution in [2.75, 3.05) is 24.7 Å². The first kappa shape index (κ1) is 21.7. The van der Waals surface area contributed by atoms with Gasteiger partial charge in [0.15, 0.2) is 11.0 Å². The molecule has 162 valence electrons. The summed E-state index contributed by atoms with van der Waals surface area (Å²) in [6.45, 7) is 0.282. The Bertz CT molecular complexity index is 1140. The Balaban J connectivity index is 1.67. The van der Waals surface area contributed by atoms with Crippen LogP contribution in [-0.2, 0) is 22.7 Å². The SMILES string of the molecule is Nc1nc(SCC(=O)NC(CO)CO)nc(-c2c(Cl)cc3c4c(cccc24)COC3)n1. The lowest BCUT2D eigenvalue weighted by Gasteiger charge is -2.20. The van der Waals surface area contributed by atoms with Gasteiger partial charge in [-0.25, -0.2) is 4.98 Å². The number of nitrogens with two attached hydrogens (primary N) is 1. The van der Waals surface area contributed by atoms with E-state index in [9.17, 15) is 4.79 Å². The van der Waals surface area contributed by atoms with Gasteiger partial charge in [-0.3, -0.25) is 4.79 Å². The van der Waals surface area contributed by atoms with Crippen LogP contribution in [0.2, 0.25) is 5.02 Å². The standard InChI is InChI=1S/C20H20ClN5O4S/c21-14-4-11-8-30-7-10-2-1-3-13(16(10)11)17(14)18-24-19(22)26-20(25-18)31-9-15(29)23-12(5-27)6-28/h1-4,12,27-28H,5-9H2,(H,23,29)(H2,22,24,25,26). The second-order valence-corrected chi connectivity index (χ2v) is 8.29. The van der Waals surface area contributed by atoms with Crippen LogP contribution < -0.4 is 11.1 Å². The van der Waals surface area contributed by atoms with Gasteiger partial charge in [-0.15, -0.1) is 0 Å². The predicted octanol–water partition coefficient (Wildman–Crippen LogP) is 1.52. The highest BCUT2D eigenvalue weighted by Crippen LogP contribution is 2.39. The third kappa shape index (κ3) is 4.58.